The van der Waals surface area contributed by atoms with Crippen molar-refractivity contribution in [2.24, 2.45) is 11.8 Å². The van der Waals surface area contributed by atoms with Gasteiger partial charge in [-0.1, -0.05) is 0 Å². The summed E-state index contributed by atoms with van der Waals surface area (Å²) in [7, 11) is 0. The predicted molar refractivity (Wildman–Crippen MR) is 134 cm³/mol. The van der Waals surface area contributed by atoms with Crippen molar-refractivity contribution in [3.63, 3.8) is 0 Å². The van der Waals surface area contributed by atoms with E-state index in [1.807, 2.05) is 13.0 Å². The minimum atomic E-state index is -3.12. The van der Waals surface area contributed by atoms with E-state index in [1.54, 1.807) is 6.20 Å². The molecule has 0 spiro atoms. The van der Waals surface area contributed by atoms with Gasteiger partial charge in [-0.2, -0.15) is 4.98 Å². The fourth-order valence-electron chi connectivity index (χ4n) is 5.08. The molecule has 3 aromatic heterocycles. The second-order valence-corrected chi connectivity index (χ2v) is 11.6. The lowest BCUT2D eigenvalue weighted by Gasteiger charge is -2.32. The molecule has 0 amide bonds. The average Bonchev–Trinajstić information content (AvgIpc) is 3.73. The van der Waals surface area contributed by atoms with E-state index in [0.29, 0.717) is 34.0 Å². The van der Waals surface area contributed by atoms with E-state index in [2.05, 4.69) is 25.6 Å². The van der Waals surface area contributed by atoms with Crippen molar-refractivity contribution in [1.29, 1.82) is 0 Å². The van der Waals surface area contributed by atoms with Crippen molar-refractivity contribution in [3.05, 3.63) is 23.7 Å². The number of thiazole rings is 1. The Labute approximate surface area is 211 Å². The van der Waals surface area contributed by atoms with Gasteiger partial charge in [0.15, 0.2) is 5.72 Å². The Morgan fingerprint density at radius 1 is 1.17 bits per heavy atom. The number of rotatable bonds is 8. The van der Waals surface area contributed by atoms with Gasteiger partial charge in [-0.05, 0) is 64.4 Å². The Bertz CT molecular complexity index is 1310. The Hall–Kier alpha value is -2.50. The number of nitrogens with zero attached hydrogens (tertiary/aromatic N) is 4. The van der Waals surface area contributed by atoms with Gasteiger partial charge in [-0.25, -0.2) is 18.7 Å². The number of aryl methyl sites for hydroxylation is 1. The van der Waals surface area contributed by atoms with Crippen LogP contribution in [0, 0.1) is 18.8 Å². The van der Waals surface area contributed by atoms with Gasteiger partial charge < -0.3 is 20.8 Å². The van der Waals surface area contributed by atoms with E-state index >= 15 is 0 Å². The van der Waals surface area contributed by atoms with Crippen LogP contribution < -0.4 is 10.6 Å². The second kappa shape index (κ2) is 8.53. The summed E-state index contributed by atoms with van der Waals surface area (Å²) in [5, 5.41) is 28.9. The number of fused-ring (bicyclic) bond motifs is 1. The Morgan fingerprint density at radius 2 is 1.94 bits per heavy atom. The van der Waals surface area contributed by atoms with Gasteiger partial charge in [0.25, 0.3) is 5.92 Å². The fourth-order valence-corrected chi connectivity index (χ4v) is 6.15. The molecular formula is C25H30F2N6O2S. The van der Waals surface area contributed by atoms with Crippen LogP contribution in [0.3, 0.4) is 0 Å². The number of halogens is 2. The molecule has 0 saturated heterocycles. The summed E-state index contributed by atoms with van der Waals surface area (Å²) in [6, 6.07) is 1.93. The van der Waals surface area contributed by atoms with Crippen LogP contribution in [-0.2, 0) is 0 Å². The molecule has 0 aliphatic heterocycles. The number of aromatic nitrogens is 4. The predicted octanol–water partition coefficient (Wildman–Crippen LogP) is 4.68. The van der Waals surface area contributed by atoms with Crippen LogP contribution in [0.4, 0.5) is 20.5 Å². The first-order valence-corrected chi connectivity index (χ1v) is 13.4. The molecule has 3 atom stereocenters. The van der Waals surface area contributed by atoms with E-state index in [0.717, 1.165) is 55.1 Å². The topological polar surface area (TPSA) is 116 Å². The number of anilines is 2. The van der Waals surface area contributed by atoms with Gasteiger partial charge in [0.2, 0.25) is 5.95 Å². The van der Waals surface area contributed by atoms with Crippen molar-refractivity contribution >= 4 is 33.3 Å². The smallest absolute Gasteiger partial charge is 0.250 e. The second-order valence-electron chi connectivity index (χ2n) is 10.6. The molecule has 3 fully saturated rings. The Balaban J connectivity index is 1.41. The number of alkyl halides is 2. The third kappa shape index (κ3) is 4.41. The quantitative estimate of drug-likeness (QED) is 0.319. The summed E-state index contributed by atoms with van der Waals surface area (Å²) in [6.45, 7) is 3.36. The molecule has 0 unspecified atom stereocenters. The zero-order valence-electron chi connectivity index (χ0n) is 20.3. The summed E-state index contributed by atoms with van der Waals surface area (Å²) in [5.41, 5.74) is 1.11. The van der Waals surface area contributed by atoms with E-state index in [-0.39, 0.29) is 18.7 Å². The SMILES string of the molecule is Cc1nc(NCC2CC2)nc(N[C@@]2(O)CC[C@H](C(C)(F)F)[C@H]2O)c1-c1nc2c(C3CC3)nccc2s1. The number of aliphatic hydroxyl groups excluding tert-OH is 1. The zero-order valence-corrected chi connectivity index (χ0v) is 21.1. The van der Waals surface area contributed by atoms with Crippen LogP contribution in [0.5, 0.6) is 0 Å². The van der Waals surface area contributed by atoms with Gasteiger partial charge in [0.05, 0.1) is 27.6 Å². The van der Waals surface area contributed by atoms with Crippen LogP contribution >= 0.6 is 11.3 Å². The van der Waals surface area contributed by atoms with Crippen LogP contribution in [-0.4, -0.2) is 54.4 Å². The molecule has 192 valence electrons. The minimum absolute atomic E-state index is 0.0160. The van der Waals surface area contributed by atoms with Crippen LogP contribution in [0.1, 0.15) is 62.8 Å². The molecule has 0 aromatic carbocycles. The average molecular weight is 517 g/mol. The number of nitrogens with one attached hydrogen (secondary N) is 2. The maximum atomic E-state index is 14.1. The highest BCUT2D eigenvalue weighted by Crippen LogP contribution is 2.46. The van der Waals surface area contributed by atoms with Gasteiger partial charge >= 0.3 is 0 Å². The monoisotopic (exact) mass is 516 g/mol. The molecule has 3 aliphatic carbocycles. The normalized spacial score (nSPS) is 26.5. The van der Waals surface area contributed by atoms with Crippen molar-refractivity contribution in [1.82, 2.24) is 19.9 Å². The fraction of sp³-hybridized carbons (Fsp3) is 0.600. The molecule has 0 bridgehead atoms. The summed E-state index contributed by atoms with van der Waals surface area (Å²) < 4.78 is 29.2. The molecule has 8 nitrogen and oxygen atoms in total. The molecular weight excluding hydrogens is 486 g/mol. The van der Waals surface area contributed by atoms with Gasteiger partial charge in [0.1, 0.15) is 22.4 Å². The highest BCUT2D eigenvalue weighted by Gasteiger charge is 2.55. The number of aliphatic hydroxyl groups is 2. The van der Waals surface area contributed by atoms with E-state index in [1.165, 1.54) is 11.3 Å². The van der Waals surface area contributed by atoms with Gasteiger partial charge in [-0.15, -0.1) is 11.3 Å². The van der Waals surface area contributed by atoms with Crippen LogP contribution in [0.15, 0.2) is 12.3 Å². The largest absolute Gasteiger partial charge is 0.388 e. The van der Waals surface area contributed by atoms with Crippen molar-refractivity contribution < 1.29 is 19.0 Å². The molecule has 3 aliphatic rings. The number of hydrogen-bond donors (Lipinski definition) is 4. The van der Waals surface area contributed by atoms with Crippen LogP contribution in [0.2, 0.25) is 0 Å². The highest BCUT2D eigenvalue weighted by atomic mass is 32.1. The number of pyridine rings is 1. The minimum Gasteiger partial charge on any atom is -0.388 e. The first-order valence-electron chi connectivity index (χ1n) is 12.6. The summed E-state index contributed by atoms with van der Waals surface area (Å²) in [5.74, 6) is -2.80. The Morgan fingerprint density at radius 3 is 2.61 bits per heavy atom. The maximum absolute atomic E-state index is 14.1. The van der Waals surface area contributed by atoms with Crippen molar-refractivity contribution in [2.45, 2.75) is 76.0 Å². The van der Waals surface area contributed by atoms with Gasteiger partial charge in [-0.3, -0.25) is 4.98 Å². The first-order chi connectivity index (χ1) is 17.1. The highest BCUT2D eigenvalue weighted by molar-refractivity contribution is 7.21. The zero-order chi connectivity index (χ0) is 25.2. The Kier molecular flexibility index (Phi) is 5.65. The molecule has 4 N–H and O–H groups in total. The summed E-state index contributed by atoms with van der Waals surface area (Å²) >= 11 is 1.48. The van der Waals surface area contributed by atoms with Crippen LogP contribution in [0.25, 0.3) is 20.8 Å². The van der Waals surface area contributed by atoms with E-state index in [9.17, 15) is 19.0 Å². The standard InChI is InChI=1S/C25H30F2N6O2S/c1-12-17(22-31-19-16(36-22)8-10-28-18(19)14-5-6-14)21(32-23(30-12)29-11-13-3-4-13)33-25(35)9-7-15(20(25)34)24(2,26)27/h8,10,13-15,20,34-35H,3-7,9,11H2,1-2H3,(H2,29,30,32,33)/t15-,20+,25+/m0/s1. The van der Waals surface area contributed by atoms with E-state index in [4.69, 9.17) is 4.98 Å². The lowest BCUT2D eigenvalue weighted by atomic mass is 9.97. The molecule has 0 radical (unpaired) electrons. The molecule has 11 heteroatoms. The van der Waals surface area contributed by atoms with Crippen molar-refractivity contribution in [2.75, 3.05) is 17.2 Å². The summed E-state index contributed by atoms with van der Waals surface area (Å²) in [4.78, 5) is 18.7. The lowest BCUT2D eigenvalue weighted by Crippen LogP contribution is -2.50. The molecule has 3 aromatic rings. The molecule has 36 heavy (non-hydrogen) atoms. The molecule has 3 saturated carbocycles. The summed E-state index contributed by atoms with van der Waals surface area (Å²) in [6.07, 6.45) is 4.61. The maximum Gasteiger partial charge on any atom is 0.250 e. The van der Waals surface area contributed by atoms with Crippen molar-refractivity contribution in [3.8, 4) is 10.6 Å². The molecule has 3 heterocycles. The molecule has 6 rings (SSSR count). The van der Waals surface area contributed by atoms with E-state index < -0.39 is 23.7 Å². The number of hydrogen-bond acceptors (Lipinski definition) is 9. The lowest BCUT2D eigenvalue weighted by molar-refractivity contribution is -0.117. The third-order valence-electron chi connectivity index (χ3n) is 7.54. The third-order valence-corrected chi connectivity index (χ3v) is 8.58. The first kappa shape index (κ1) is 23.9. The van der Waals surface area contributed by atoms with Gasteiger partial charge in [0, 0.05) is 18.7 Å².